The fraction of sp³-hybridized carbons (Fsp3) is 0.357. The first kappa shape index (κ1) is 12.1. The standard InChI is InChI=1S/C14H12ClN3O2/c15-7-3-4-10-8(6-7)11-12(20-10)14(19)18-13(17-11)9-2-1-5-16-9/h3-4,6,9,12,16H,1-2,5H2. The zero-order chi connectivity index (χ0) is 13.7. The smallest absolute Gasteiger partial charge is 0.294 e. The first-order valence-electron chi connectivity index (χ1n) is 6.63. The third-order valence-electron chi connectivity index (χ3n) is 3.77. The lowest BCUT2D eigenvalue weighted by molar-refractivity contribution is -0.121. The topological polar surface area (TPSA) is 63.0 Å². The van der Waals surface area contributed by atoms with Crippen molar-refractivity contribution in [1.82, 2.24) is 5.32 Å². The van der Waals surface area contributed by atoms with Crippen LogP contribution in [0.2, 0.25) is 5.02 Å². The average Bonchev–Trinajstić information content (AvgIpc) is 3.06. The number of benzene rings is 1. The monoisotopic (exact) mass is 289 g/mol. The van der Waals surface area contributed by atoms with Gasteiger partial charge in [0, 0.05) is 10.6 Å². The molecule has 0 radical (unpaired) electrons. The van der Waals surface area contributed by atoms with Gasteiger partial charge in [-0.1, -0.05) is 11.6 Å². The van der Waals surface area contributed by atoms with Crippen LogP contribution in [-0.2, 0) is 4.79 Å². The molecule has 3 aliphatic rings. The molecule has 0 saturated carbocycles. The quantitative estimate of drug-likeness (QED) is 0.854. The third kappa shape index (κ3) is 1.77. The van der Waals surface area contributed by atoms with Crippen LogP contribution in [0.25, 0.3) is 0 Å². The lowest BCUT2D eigenvalue weighted by atomic mass is 10.0. The predicted octanol–water partition coefficient (Wildman–Crippen LogP) is 1.58. The molecule has 2 atom stereocenters. The molecule has 3 aliphatic heterocycles. The summed E-state index contributed by atoms with van der Waals surface area (Å²) in [6.07, 6.45) is 1.32. The molecule has 5 nitrogen and oxygen atoms in total. The van der Waals surface area contributed by atoms with E-state index in [2.05, 4.69) is 15.3 Å². The van der Waals surface area contributed by atoms with E-state index < -0.39 is 6.10 Å². The van der Waals surface area contributed by atoms with Crippen LogP contribution in [0.4, 0.5) is 0 Å². The summed E-state index contributed by atoms with van der Waals surface area (Å²) >= 11 is 6.02. The predicted molar refractivity (Wildman–Crippen MR) is 75.9 cm³/mol. The Kier molecular flexibility index (Phi) is 2.65. The maximum Gasteiger partial charge on any atom is 0.294 e. The van der Waals surface area contributed by atoms with Crippen molar-refractivity contribution in [1.29, 1.82) is 0 Å². The zero-order valence-electron chi connectivity index (χ0n) is 10.6. The molecule has 102 valence electrons. The highest BCUT2D eigenvalue weighted by atomic mass is 35.5. The maximum atomic E-state index is 12.1. The van der Waals surface area contributed by atoms with Gasteiger partial charge in [0.25, 0.3) is 5.91 Å². The van der Waals surface area contributed by atoms with E-state index in [4.69, 9.17) is 16.3 Å². The summed E-state index contributed by atoms with van der Waals surface area (Å²) in [7, 11) is 0. The minimum absolute atomic E-state index is 0.0654. The normalized spacial score (nSPS) is 27.6. The van der Waals surface area contributed by atoms with Crippen LogP contribution < -0.4 is 10.1 Å². The highest BCUT2D eigenvalue weighted by Gasteiger charge is 2.40. The number of hydrogen-bond donors (Lipinski definition) is 1. The van der Waals surface area contributed by atoms with Crippen molar-refractivity contribution < 1.29 is 9.53 Å². The van der Waals surface area contributed by atoms with Crippen molar-refractivity contribution in [2.75, 3.05) is 6.54 Å². The van der Waals surface area contributed by atoms with Crippen molar-refractivity contribution in [2.24, 2.45) is 9.98 Å². The number of hydrogen-bond acceptors (Lipinski definition) is 4. The summed E-state index contributed by atoms with van der Waals surface area (Å²) in [6.45, 7) is 0.936. The van der Waals surface area contributed by atoms with E-state index in [-0.39, 0.29) is 11.9 Å². The Morgan fingerprint density at radius 2 is 2.25 bits per heavy atom. The molecule has 2 unspecified atom stereocenters. The van der Waals surface area contributed by atoms with Gasteiger partial charge >= 0.3 is 0 Å². The maximum absolute atomic E-state index is 12.1. The molecule has 6 heteroatoms. The number of carbonyl (C=O) groups excluding carboxylic acids is 1. The van der Waals surface area contributed by atoms with Crippen LogP contribution in [0, 0.1) is 0 Å². The van der Waals surface area contributed by atoms with Crippen LogP contribution in [0.15, 0.2) is 28.2 Å². The summed E-state index contributed by atoms with van der Waals surface area (Å²) in [5.41, 5.74) is 1.42. The van der Waals surface area contributed by atoms with Crippen LogP contribution in [-0.4, -0.2) is 36.1 Å². The first-order chi connectivity index (χ1) is 9.72. The van der Waals surface area contributed by atoms with E-state index in [1.54, 1.807) is 18.2 Å². The number of halogens is 1. The first-order valence-corrected chi connectivity index (χ1v) is 7.01. The number of carbonyl (C=O) groups is 1. The van der Waals surface area contributed by atoms with Crippen LogP contribution in [0.5, 0.6) is 5.75 Å². The molecule has 3 heterocycles. The lowest BCUT2D eigenvalue weighted by Gasteiger charge is -2.17. The van der Waals surface area contributed by atoms with Gasteiger partial charge in [-0.15, -0.1) is 0 Å². The van der Waals surface area contributed by atoms with Crippen molar-refractivity contribution in [2.45, 2.75) is 25.0 Å². The zero-order valence-corrected chi connectivity index (χ0v) is 11.4. The van der Waals surface area contributed by atoms with E-state index >= 15 is 0 Å². The highest BCUT2D eigenvalue weighted by Crippen LogP contribution is 2.33. The van der Waals surface area contributed by atoms with Gasteiger partial charge in [-0.05, 0) is 37.6 Å². The third-order valence-corrected chi connectivity index (χ3v) is 4.00. The molecule has 0 spiro atoms. The molecule has 4 rings (SSSR count). The van der Waals surface area contributed by atoms with Gasteiger partial charge in [-0.3, -0.25) is 4.79 Å². The Balaban J connectivity index is 1.78. The summed E-state index contributed by atoms with van der Waals surface area (Å²) in [5.74, 6) is 0.920. The Labute approximate surface area is 120 Å². The van der Waals surface area contributed by atoms with Gasteiger partial charge in [-0.25, -0.2) is 4.99 Å². The van der Waals surface area contributed by atoms with E-state index in [9.17, 15) is 4.79 Å². The molecular weight excluding hydrogens is 278 g/mol. The molecule has 1 saturated heterocycles. The van der Waals surface area contributed by atoms with Gasteiger partial charge in [0.1, 0.15) is 17.3 Å². The Hall–Kier alpha value is -1.72. The summed E-state index contributed by atoms with van der Waals surface area (Å²) < 4.78 is 5.62. The van der Waals surface area contributed by atoms with Gasteiger partial charge in [0.2, 0.25) is 6.10 Å². The minimum Gasteiger partial charge on any atom is -0.473 e. The Morgan fingerprint density at radius 3 is 3.05 bits per heavy atom. The SMILES string of the molecule is O=C1N=C(C2CCCN2)N=C2c3cc(Cl)ccc3OC12. The molecule has 0 aromatic heterocycles. The second-order valence-corrected chi connectivity index (χ2v) is 5.53. The van der Waals surface area contributed by atoms with Crippen molar-refractivity contribution >= 4 is 29.1 Å². The number of amidine groups is 1. The van der Waals surface area contributed by atoms with E-state index in [0.717, 1.165) is 24.9 Å². The molecule has 0 aliphatic carbocycles. The molecule has 1 amide bonds. The molecule has 1 fully saturated rings. The van der Waals surface area contributed by atoms with E-state index in [1.165, 1.54) is 0 Å². The summed E-state index contributed by atoms with van der Waals surface area (Å²) in [4.78, 5) is 20.8. The molecular formula is C14H12ClN3O2. The number of ether oxygens (including phenoxy) is 1. The van der Waals surface area contributed by atoms with E-state index in [1.807, 2.05) is 0 Å². The minimum atomic E-state index is -0.714. The van der Waals surface area contributed by atoms with Crippen LogP contribution in [0.3, 0.4) is 0 Å². The summed E-state index contributed by atoms with van der Waals surface area (Å²) in [5, 5.41) is 3.91. The molecule has 0 bridgehead atoms. The molecule has 1 aromatic carbocycles. The second kappa shape index (κ2) is 4.40. The molecule has 20 heavy (non-hydrogen) atoms. The lowest BCUT2D eigenvalue weighted by Crippen LogP contribution is -2.39. The highest BCUT2D eigenvalue weighted by molar-refractivity contribution is 6.32. The molecule has 1 N–H and O–H groups in total. The number of aliphatic imine (C=N–C) groups is 2. The molecule has 1 aromatic rings. The number of nitrogens with one attached hydrogen (secondary N) is 1. The van der Waals surface area contributed by atoms with E-state index in [0.29, 0.717) is 22.3 Å². The number of nitrogens with zero attached hydrogens (tertiary/aromatic N) is 2. The number of fused-ring (bicyclic) bond motifs is 3. The largest absolute Gasteiger partial charge is 0.473 e. The van der Waals surface area contributed by atoms with Gasteiger partial charge in [0.15, 0.2) is 0 Å². The van der Waals surface area contributed by atoms with Crippen molar-refractivity contribution in [3.63, 3.8) is 0 Å². The fourth-order valence-electron chi connectivity index (χ4n) is 2.80. The van der Waals surface area contributed by atoms with Gasteiger partial charge in [0.05, 0.1) is 6.04 Å². The fourth-order valence-corrected chi connectivity index (χ4v) is 2.97. The van der Waals surface area contributed by atoms with Crippen LogP contribution in [0.1, 0.15) is 18.4 Å². The Morgan fingerprint density at radius 1 is 1.35 bits per heavy atom. The summed E-state index contributed by atoms with van der Waals surface area (Å²) in [6, 6.07) is 5.35. The average molecular weight is 290 g/mol. The number of rotatable bonds is 1. The van der Waals surface area contributed by atoms with Crippen LogP contribution >= 0.6 is 11.6 Å². The Bertz CT molecular complexity index is 662. The number of amides is 1. The second-order valence-electron chi connectivity index (χ2n) is 5.09. The van der Waals surface area contributed by atoms with Gasteiger partial charge < -0.3 is 10.1 Å². The van der Waals surface area contributed by atoms with Crippen molar-refractivity contribution in [3.05, 3.63) is 28.8 Å². The van der Waals surface area contributed by atoms with Gasteiger partial charge in [-0.2, -0.15) is 4.99 Å². The van der Waals surface area contributed by atoms with Crippen molar-refractivity contribution in [3.8, 4) is 5.75 Å².